The second-order valence-electron chi connectivity index (χ2n) is 6.41. The molecule has 0 bridgehead atoms. The highest BCUT2D eigenvalue weighted by molar-refractivity contribution is 7.80. The van der Waals surface area contributed by atoms with E-state index in [1.165, 1.54) is 5.56 Å². The summed E-state index contributed by atoms with van der Waals surface area (Å²) in [7, 11) is 0. The van der Waals surface area contributed by atoms with Crippen LogP contribution in [0.15, 0.2) is 29.4 Å². The molecule has 0 heterocycles. The molecule has 1 rings (SSSR count). The van der Waals surface area contributed by atoms with Crippen molar-refractivity contribution < 1.29 is 0 Å². The lowest BCUT2D eigenvalue weighted by atomic mass is 10.1. The number of thiocarbonyl (C=S) groups is 1. The molecule has 1 aromatic carbocycles. The maximum Gasteiger partial charge on any atom is 0.184 e. The molecule has 0 spiro atoms. The second-order valence-corrected chi connectivity index (χ2v) is 6.85. The first-order valence-electron chi connectivity index (χ1n) is 7.77. The Morgan fingerprint density at radius 1 is 1.23 bits per heavy atom. The van der Waals surface area contributed by atoms with Gasteiger partial charge in [-0.05, 0) is 35.2 Å². The largest absolute Gasteiger partial charge is 0.375 e. The fourth-order valence-corrected chi connectivity index (χ4v) is 2.50. The van der Waals surface area contributed by atoms with Crippen LogP contribution in [0, 0.1) is 11.8 Å². The van der Waals surface area contributed by atoms with E-state index in [4.69, 9.17) is 18.0 Å². The fraction of sp³-hybridized carbons (Fsp3) is 0.529. The van der Waals surface area contributed by atoms with E-state index in [0.717, 1.165) is 25.2 Å². The monoisotopic (exact) mass is 320 g/mol. The average molecular weight is 321 g/mol. The predicted molar refractivity (Wildman–Crippen MR) is 98.9 cm³/mol. The Hall–Kier alpha value is -1.46. The van der Waals surface area contributed by atoms with Gasteiger partial charge in [-0.25, -0.2) is 0 Å². The summed E-state index contributed by atoms with van der Waals surface area (Å²) < 4.78 is 0. The van der Waals surface area contributed by atoms with Gasteiger partial charge >= 0.3 is 0 Å². The molecule has 1 aromatic rings. The van der Waals surface area contributed by atoms with Gasteiger partial charge in [-0.2, -0.15) is 5.10 Å². The van der Waals surface area contributed by atoms with Crippen molar-refractivity contribution in [1.29, 1.82) is 0 Å². The molecule has 0 fully saturated rings. The fourth-order valence-electron chi connectivity index (χ4n) is 2.45. The van der Waals surface area contributed by atoms with Gasteiger partial charge in [-0.1, -0.05) is 52.0 Å². The van der Waals surface area contributed by atoms with Crippen molar-refractivity contribution in [3.63, 3.8) is 0 Å². The minimum absolute atomic E-state index is 0.176. The molecule has 0 aliphatic heterocycles. The van der Waals surface area contributed by atoms with Gasteiger partial charge in [0.1, 0.15) is 0 Å². The van der Waals surface area contributed by atoms with E-state index in [0.29, 0.717) is 11.8 Å². The van der Waals surface area contributed by atoms with Crippen LogP contribution in [0.25, 0.3) is 0 Å². The first kappa shape index (κ1) is 18.6. The summed E-state index contributed by atoms with van der Waals surface area (Å²) >= 11 is 4.75. The molecule has 0 aliphatic rings. The van der Waals surface area contributed by atoms with Gasteiger partial charge in [-0.3, -0.25) is 10.3 Å². The Morgan fingerprint density at radius 3 is 2.36 bits per heavy atom. The van der Waals surface area contributed by atoms with E-state index in [1.807, 2.05) is 6.07 Å². The topological polar surface area (TPSA) is 53.6 Å². The summed E-state index contributed by atoms with van der Waals surface area (Å²) in [6, 6.07) is 8.29. The van der Waals surface area contributed by atoms with Gasteiger partial charge in [-0.15, -0.1) is 0 Å². The molecular formula is C17H28N4S. The number of benzene rings is 1. The minimum Gasteiger partial charge on any atom is -0.375 e. The third-order valence-corrected chi connectivity index (χ3v) is 3.17. The Bertz CT molecular complexity index is 487. The quantitative estimate of drug-likeness (QED) is 0.439. The highest BCUT2D eigenvalue weighted by atomic mass is 32.1. The van der Waals surface area contributed by atoms with Crippen LogP contribution in [-0.2, 0) is 6.54 Å². The standard InChI is InChI=1S/C17H28N4S/c1-13(2)10-21(11-14(3)4)12-16-8-6-5-7-15(16)9-19-20-17(18)22/h5-9,13-14H,10-12H2,1-4H3,(H3,18,20,22). The number of nitrogens with one attached hydrogen (secondary N) is 1. The van der Waals surface area contributed by atoms with Crippen molar-refractivity contribution in [3.05, 3.63) is 35.4 Å². The van der Waals surface area contributed by atoms with Crippen molar-refractivity contribution in [2.45, 2.75) is 34.2 Å². The lowest BCUT2D eigenvalue weighted by Gasteiger charge is -2.26. The Morgan fingerprint density at radius 2 is 1.82 bits per heavy atom. The Labute approximate surface area is 139 Å². The van der Waals surface area contributed by atoms with Crippen LogP contribution in [0.5, 0.6) is 0 Å². The molecule has 0 aromatic heterocycles. The van der Waals surface area contributed by atoms with Crippen LogP contribution in [-0.4, -0.2) is 29.3 Å². The summed E-state index contributed by atoms with van der Waals surface area (Å²) in [5.74, 6) is 1.30. The Kier molecular flexibility index (Phi) is 8.06. The van der Waals surface area contributed by atoms with Crippen molar-refractivity contribution in [1.82, 2.24) is 10.3 Å². The normalized spacial score (nSPS) is 11.8. The average Bonchev–Trinajstić information content (AvgIpc) is 2.38. The predicted octanol–water partition coefficient (Wildman–Crippen LogP) is 2.97. The highest BCUT2D eigenvalue weighted by Gasteiger charge is 2.11. The van der Waals surface area contributed by atoms with Crippen molar-refractivity contribution in [2.75, 3.05) is 13.1 Å². The zero-order valence-electron chi connectivity index (χ0n) is 14.0. The number of hydrogen-bond donors (Lipinski definition) is 2. The van der Waals surface area contributed by atoms with Gasteiger partial charge in [0.05, 0.1) is 6.21 Å². The second kappa shape index (κ2) is 9.54. The molecule has 4 nitrogen and oxygen atoms in total. The molecule has 122 valence electrons. The van der Waals surface area contributed by atoms with Crippen molar-refractivity contribution >= 4 is 23.5 Å². The summed E-state index contributed by atoms with van der Waals surface area (Å²) in [5.41, 5.74) is 10.3. The molecule has 0 amide bonds. The van der Waals surface area contributed by atoms with Crippen molar-refractivity contribution in [3.8, 4) is 0 Å². The van der Waals surface area contributed by atoms with Crippen LogP contribution in [0.4, 0.5) is 0 Å². The number of hydrogen-bond acceptors (Lipinski definition) is 3. The summed E-state index contributed by atoms with van der Waals surface area (Å²) in [6.45, 7) is 12.1. The lowest BCUT2D eigenvalue weighted by Crippen LogP contribution is -2.31. The van der Waals surface area contributed by atoms with Gasteiger partial charge in [0.15, 0.2) is 5.11 Å². The van der Waals surface area contributed by atoms with Gasteiger partial charge in [0.2, 0.25) is 0 Å². The molecule has 3 N–H and O–H groups in total. The van der Waals surface area contributed by atoms with Gasteiger partial charge in [0.25, 0.3) is 0 Å². The molecule has 5 heteroatoms. The van der Waals surface area contributed by atoms with Crippen LogP contribution in [0.2, 0.25) is 0 Å². The zero-order valence-corrected chi connectivity index (χ0v) is 14.9. The van der Waals surface area contributed by atoms with Crippen LogP contribution in [0.3, 0.4) is 0 Å². The summed E-state index contributed by atoms with van der Waals surface area (Å²) in [4.78, 5) is 2.50. The first-order chi connectivity index (χ1) is 10.4. The zero-order chi connectivity index (χ0) is 16.5. The lowest BCUT2D eigenvalue weighted by molar-refractivity contribution is 0.211. The van der Waals surface area contributed by atoms with E-state index in [9.17, 15) is 0 Å². The van der Waals surface area contributed by atoms with Crippen LogP contribution in [0.1, 0.15) is 38.8 Å². The number of rotatable bonds is 8. The molecule has 0 unspecified atom stereocenters. The Balaban J connectivity index is 2.84. The maximum atomic E-state index is 5.38. The molecule has 0 atom stereocenters. The highest BCUT2D eigenvalue weighted by Crippen LogP contribution is 2.13. The van der Waals surface area contributed by atoms with Crippen molar-refractivity contribution in [2.24, 2.45) is 22.7 Å². The van der Waals surface area contributed by atoms with E-state index in [1.54, 1.807) is 6.21 Å². The number of nitrogens with zero attached hydrogens (tertiary/aromatic N) is 2. The number of nitrogens with two attached hydrogens (primary N) is 1. The maximum absolute atomic E-state index is 5.38. The van der Waals surface area contributed by atoms with E-state index < -0.39 is 0 Å². The van der Waals surface area contributed by atoms with E-state index in [-0.39, 0.29) is 5.11 Å². The molecule has 0 saturated heterocycles. The van der Waals surface area contributed by atoms with Crippen LogP contribution < -0.4 is 11.2 Å². The van der Waals surface area contributed by atoms with Gasteiger partial charge in [0, 0.05) is 19.6 Å². The molecule has 0 saturated carbocycles. The summed E-state index contributed by atoms with van der Waals surface area (Å²) in [6.07, 6.45) is 1.78. The molecular weight excluding hydrogens is 292 g/mol. The smallest absolute Gasteiger partial charge is 0.184 e. The minimum atomic E-state index is 0.176. The summed E-state index contributed by atoms with van der Waals surface area (Å²) in [5, 5.41) is 4.25. The van der Waals surface area contributed by atoms with E-state index in [2.05, 4.69) is 61.3 Å². The molecule has 0 aliphatic carbocycles. The third-order valence-electron chi connectivity index (χ3n) is 3.07. The first-order valence-corrected chi connectivity index (χ1v) is 8.18. The van der Waals surface area contributed by atoms with E-state index >= 15 is 0 Å². The third kappa shape index (κ3) is 7.52. The molecule has 0 radical (unpaired) electrons. The number of hydrazone groups is 1. The molecule has 22 heavy (non-hydrogen) atoms. The van der Waals surface area contributed by atoms with Gasteiger partial charge < -0.3 is 5.73 Å². The SMILES string of the molecule is CC(C)CN(Cc1ccccc1C=NNC(N)=S)CC(C)C. The van der Waals surface area contributed by atoms with Crippen LogP contribution >= 0.6 is 12.2 Å².